The Balaban J connectivity index is 0.00000128. The number of nitrogens with two attached hydrogens (primary N) is 1. The van der Waals surface area contributed by atoms with E-state index in [0.29, 0.717) is 5.92 Å². The molecule has 1 saturated carbocycles. The minimum Gasteiger partial charge on any atom is -0.378 e. The molecule has 0 spiro atoms. The lowest BCUT2D eigenvalue weighted by molar-refractivity contribution is 0.634. The van der Waals surface area contributed by atoms with Gasteiger partial charge in [-0.1, -0.05) is 17.7 Å². The van der Waals surface area contributed by atoms with Crippen LogP contribution in [0.1, 0.15) is 24.4 Å². The lowest BCUT2D eigenvalue weighted by Crippen LogP contribution is -2.14. The molecular formula is C12H18Cl2N2. The molecule has 1 aromatic carbocycles. The van der Waals surface area contributed by atoms with E-state index < -0.39 is 0 Å². The highest BCUT2D eigenvalue weighted by molar-refractivity contribution is 6.31. The summed E-state index contributed by atoms with van der Waals surface area (Å²) in [7, 11) is 4.01. The Labute approximate surface area is 108 Å². The van der Waals surface area contributed by atoms with Crippen molar-refractivity contribution in [2.45, 2.75) is 18.9 Å². The largest absolute Gasteiger partial charge is 0.378 e. The second kappa shape index (κ2) is 5.26. The van der Waals surface area contributed by atoms with E-state index in [2.05, 4.69) is 12.1 Å². The van der Waals surface area contributed by atoms with Gasteiger partial charge in [0.25, 0.3) is 0 Å². The molecule has 16 heavy (non-hydrogen) atoms. The molecule has 4 heteroatoms. The molecule has 2 nitrogen and oxygen atoms in total. The molecule has 0 bridgehead atoms. The number of hydrogen-bond donors (Lipinski definition) is 1. The maximum atomic E-state index is 6.23. The van der Waals surface area contributed by atoms with E-state index in [1.54, 1.807) is 0 Å². The van der Waals surface area contributed by atoms with Gasteiger partial charge < -0.3 is 10.6 Å². The topological polar surface area (TPSA) is 29.3 Å². The van der Waals surface area contributed by atoms with Gasteiger partial charge in [-0.2, -0.15) is 0 Å². The van der Waals surface area contributed by atoms with Crippen molar-refractivity contribution >= 4 is 29.7 Å². The first-order chi connectivity index (χ1) is 7.09. The van der Waals surface area contributed by atoms with Gasteiger partial charge in [0.05, 0.1) is 0 Å². The normalized spacial score (nSPS) is 16.5. The second-order valence-corrected chi connectivity index (χ2v) is 4.87. The molecule has 0 amide bonds. The predicted molar refractivity (Wildman–Crippen MR) is 72.7 cm³/mol. The van der Waals surface area contributed by atoms with Crippen LogP contribution in [0, 0.1) is 5.92 Å². The quantitative estimate of drug-likeness (QED) is 0.905. The number of anilines is 1. The Hall–Kier alpha value is -0.440. The number of halogens is 2. The van der Waals surface area contributed by atoms with E-state index in [-0.39, 0.29) is 18.4 Å². The lowest BCUT2D eigenvalue weighted by Gasteiger charge is -2.17. The Morgan fingerprint density at radius 2 is 2.00 bits per heavy atom. The average molecular weight is 261 g/mol. The zero-order chi connectivity index (χ0) is 11.0. The molecule has 1 aromatic rings. The van der Waals surface area contributed by atoms with Crippen LogP contribution in [-0.4, -0.2) is 14.1 Å². The van der Waals surface area contributed by atoms with Gasteiger partial charge in [-0.25, -0.2) is 0 Å². The van der Waals surface area contributed by atoms with Crippen LogP contribution in [0.2, 0.25) is 5.02 Å². The third kappa shape index (κ3) is 2.82. The van der Waals surface area contributed by atoms with Gasteiger partial charge in [-0.15, -0.1) is 12.4 Å². The zero-order valence-electron chi connectivity index (χ0n) is 9.61. The van der Waals surface area contributed by atoms with Crippen molar-refractivity contribution in [3.8, 4) is 0 Å². The Morgan fingerprint density at radius 3 is 2.44 bits per heavy atom. The summed E-state index contributed by atoms with van der Waals surface area (Å²) in [6.45, 7) is 0. The van der Waals surface area contributed by atoms with E-state index in [1.165, 1.54) is 12.8 Å². The van der Waals surface area contributed by atoms with Crippen LogP contribution in [-0.2, 0) is 0 Å². The van der Waals surface area contributed by atoms with E-state index in [1.807, 2.05) is 25.1 Å². The van der Waals surface area contributed by atoms with Gasteiger partial charge >= 0.3 is 0 Å². The third-order valence-electron chi connectivity index (χ3n) is 2.99. The Kier molecular flexibility index (Phi) is 4.48. The first kappa shape index (κ1) is 13.6. The fourth-order valence-corrected chi connectivity index (χ4v) is 2.07. The summed E-state index contributed by atoms with van der Waals surface area (Å²) >= 11 is 6.23. The minimum atomic E-state index is 0. The van der Waals surface area contributed by atoms with E-state index in [0.717, 1.165) is 16.3 Å². The number of nitrogens with zero attached hydrogens (tertiary/aromatic N) is 1. The van der Waals surface area contributed by atoms with Crippen molar-refractivity contribution < 1.29 is 0 Å². The molecule has 1 aliphatic carbocycles. The third-order valence-corrected chi connectivity index (χ3v) is 3.32. The molecule has 1 atom stereocenters. The molecular weight excluding hydrogens is 243 g/mol. The highest BCUT2D eigenvalue weighted by Crippen LogP contribution is 2.41. The molecule has 2 N–H and O–H groups in total. The second-order valence-electron chi connectivity index (χ2n) is 4.46. The van der Waals surface area contributed by atoms with E-state index in [4.69, 9.17) is 17.3 Å². The summed E-state index contributed by atoms with van der Waals surface area (Å²) in [6.07, 6.45) is 2.49. The zero-order valence-corrected chi connectivity index (χ0v) is 11.2. The molecule has 1 fully saturated rings. The van der Waals surface area contributed by atoms with Crippen LogP contribution < -0.4 is 10.6 Å². The summed E-state index contributed by atoms with van der Waals surface area (Å²) in [6, 6.07) is 6.23. The highest BCUT2D eigenvalue weighted by Gasteiger charge is 2.30. The molecule has 0 aliphatic heterocycles. The molecule has 0 heterocycles. The number of benzene rings is 1. The first-order valence-corrected chi connectivity index (χ1v) is 5.69. The molecule has 2 rings (SSSR count). The average Bonchev–Trinajstić information content (AvgIpc) is 2.99. The van der Waals surface area contributed by atoms with E-state index >= 15 is 0 Å². The Bertz CT molecular complexity index is 362. The van der Waals surface area contributed by atoms with Crippen molar-refractivity contribution in [3.63, 3.8) is 0 Å². The standard InChI is InChI=1S/C12H17ClN2.ClH/c1-15(2)9-5-6-10(11(13)7-9)12(14)8-3-4-8;/h5-8,12H,3-4,14H2,1-2H3;1H/t12-;/m1./s1. The van der Waals surface area contributed by atoms with Gasteiger partial charge in [-0.3, -0.25) is 0 Å². The van der Waals surface area contributed by atoms with Gasteiger partial charge in [0, 0.05) is 30.8 Å². The van der Waals surface area contributed by atoms with Gasteiger partial charge in [0.15, 0.2) is 0 Å². The molecule has 1 aliphatic rings. The first-order valence-electron chi connectivity index (χ1n) is 5.32. The van der Waals surface area contributed by atoms with Crippen molar-refractivity contribution in [3.05, 3.63) is 28.8 Å². The maximum absolute atomic E-state index is 6.23. The van der Waals surface area contributed by atoms with Gasteiger partial charge in [0.1, 0.15) is 0 Å². The molecule has 0 unspecified atom stereocenters. The summed E-state index contributed by atoms with van der Waals surface area (Å²) in [5, 5.41) is 0.792. The smallest absolute Gasteiger partial charge is 0.0474 e. The van der Waals surface area contributed by atoms with Crippen molar-refractivity contribution in [2.24, 2.45) is 11.7 Å². The minimum absolute atomic E-state index is 0. The molecule has 0 radical (unpaired) electrons. The van der Waals surface area contributed by atoms with Crippen LogP contribution in [0.25, 0.3) is 0 Å². The summed E-state index contributed by atoms with van der Waals surface area (Å²) in [5.74, 6) is 0.646. The van der Waals surface area contributed by atoms with Crippen LogP contribution in [0.15, 0.2) is 18.2 Å². The predicted octanol–water partition coefficient (Wildman–Crippen LogP) is 3.24. The van der Waals surface area contributed by atoms with Gasteiger partial charge in [0.2, 0.25) is 0 Å². The van der Waals surface area contributed by atoms with Gasteiger partial charge in [-0.05, 0) is 36.5 Å². The highest BCUT2D eigenvalue weighted by atomic mass is 35.5. The maximum Gasteiger partial charge on any atom is 0.0474 e. The van der Waals surface area contributed by atoms with Crippen LogP contribution in [0.4, 0.5) is 5.69 Å². The summed E-state index contributed by atoms with van der Waals surface area (Å²) in [4.78, 5) is 2.04. The molecule has 0 aromatic heterocycles. The van der Waals surface area contributed by atoms with E-state index in [9.17, 15) is 0 Å². The summed E-state index contributed by atoms with van der Waals surface area (Å²) < 4.78 is 0. The van der Waals surface area contributed by atoms with Crippen LogP contribution in [0.3, 0.4) is 0 Å². The fourth-order valence-electron chi connectivity index (χ4n) is 1.77. The number of hydrogen-bond acceptors (Lipinski definition) is 2. The van der Waals surface area contributed by atoms with Crippen molar-refractivity contribution in [1.82, 2.24) is 0 Å². The van der Waals surface area contributed by atoms with Crippen LogP contribution >= 0.6 is 24.0 Å². The monoisotopic (exact) mass is 260 g/mol. The Morgan fingerprint density at radius 1 is 1.38 bits per heavy atom. The summed E-state index contributed by atoms with van der Waals surface area (Å²) in [5.41, 5.74) is 8.33. The van der Waals surface area contributed by atoms with Crippen LogP contribution in [0.5, 0.6) is 0 Å². The molecule has 0 saturated heterocycles. The molecule has 90 valence electrons. The van der Waals surface area contributed by atoms with Crippen molar-refractivity contribution in [2.75, 3.05) is 19.0 Å². The fraction of sp³-hybridized carbons (Fsp3) is 0.500. The lowest BCUT2D eigenvalue weighted by atomic mass is 10.0. The van der Waals surface area contributed by atoms with Crippen molar-refractivity contribution in [1.29, 1.82) is 0 Å². The number of rotatable bonds is 3. The SMILES string of the molecule is CN(C)c1ccc([C@H](N)C2CC2)c(Cl)c1.Cl.